The van der Waals surface area contributed by atoms with E-state index in [1.165, 1.54) is 5.56 Å². The zero-order valence-electron chi connectivity index (χ0n) is 14.5. The predicted molar refractivity (Wildman–Crippen MR) is 118 cm³/mol. The van der Waals surface area contributed by atoms with Gasteiger partial charge in [0.15, 0.2) is 5.96 Å². The smallest absolute Gasteiger partial charge is 0.191 e. The molecule has 138 valence electrons. The number of thiophene rings is 1. The molecule has 4 nitrogen and oxygen atoms in total. The minimum atomic E-state index is -0.960. The summed E-state index contributed by atoms with van der Waals surface area (Å²) in [6, 6.07) is 9.77. The lowest BCUT2D eigenvalue weighted by Crippen LogP contribution is -2.39. The molecule has 3 N–H and O–H groups in total. The molecule has 0 radical (unpaired) electrons. The SMILES string of the molecule is CCNC(=NCC(C)(O)c1ccsc1)NCCc1ccc(Cl)cc1.I. The summed E-state index contributed by atoms with van der Waals surface area (Å²) in [6.45, 7) is 5.64. The van der Waals surface area contributed by atoms with E-state index in [0.29, 0.717) is 12.5 Å². The van der Waals surface area contributed by atoms with Gasteiger partial charge in [0.2, 0.25) is 0 Å². The molecule has 1 aromatic carbocycles. The summed E-state index contributed by atoms with van der Waals surface area (Å²) in [5, 5.41) is 21.7. The standard InChI is InChI=1S/C18H24ClN3OS.HI/c1-3-20-17(21-10-8-14-4-6-16(19)7-5-14)22-13-18(2,23)15-9-11-24-12-15;/h4-7,9,11-12,23H,3,8,10,13H2,1-2H3,(H2,20,21,22);1H. The molecule has 2 aromatic rings. The predicted octanol–water partition coefficient (Wildman–Crippen LogP) is 4.02. The van der Waals surface area contributed by atoms with Gasteiger partial charge in [-0.15, -0.1) is 24.0 Å². The van der Waals surface area contributed by atoms with Crippen molar-refractivity contribution >= 4 is 52.9 Å². The van der Waals surface area contributed by atoms with E-state index >= 15 is 0 Å². The molecule has 1 heterocycles. The highest BCUT2D eigenvalue weighted by Gasteiger charge is 2.23. The number of benzene rings is 1. The summed E-state index contributed by atoms with van der Waals surface area (Å²) in [7, 11) is 0. The van der Waals surface area contributed by atoms with E-state index in [4.69, 9.17) is 11.6 Å². The van der Waals surface area contributed by atoms with E-state index in [0.717, 1.165) is 30.1 Å². The zero-order chi connectivity index (χ0) is 17.4. The average molecular weight is 494 g/mol. The summed E-state index contributed by atoms with van der Waals surface area (Å²) in [4.78, 5) is 4.51. The highest BCUT2D eigenvalue weighted by Crippen LogP contribution is 2.23. The van der Waals surface area contributed by atoms with Crippen LogP contribution in [0.1, 0.15) is 25.0 Å². The molecule has 1 atom stereocenters. The Morgan fingerprint density at radius 1 is 1.24 bits per heavy atom. The molecule has 0 saturated heterocycles. The lowest BCUT2D eigenvalue weighted by Gasteiger charge is -2.21. The fourth-order valence-electron chi connectivity index (χ4n) is 2.21. The van der Waals surface area contributed by atoms with Crippen molar-refractivity contribution in [2.75, 3.05) is 19.6 Å². The summed E-state index contributed by atoms with van der Waals surface area (Å²) in [5.41, 5.74) is 1.15. The molecule has 1 aromatic heterocycles. The minimum absolute atomic E-state index is 0. The van der Waals surface area contributed by atoms with Crippen LogP contribution in [0, 0.1) is 0 Å². The molecule has 1 unspecified atom stereocenters. The second-order valence-electron chi connectivity index (χ2n) is 5.78. The van der Waals surface area contributed by atoms with Gasteiger partial charge < -0.3 is 15.7 Å². The van der Waals surface area contributed by atoms with Crippen LogP contribution in [0.3, 0.4) is 0 Å². The van der Waals surface area contributed by atoms with Gasteiger partial charge in [0, 0.05) is 18.1 Å². The van der Waals surface area contributed by atoms with Crippen molar-refractivity contribution in [3.63, 3.8) is 0 Å². The minimum Gasteiger partial charge on any atom is -0.383 e. The molecule has 7 heteroatoms. The maximum absolute atomic E-state index is 10.6. The Morgan fingerprint density at radius 2 is 1.96 bits per heavy atom. The quantitative estimate of drug-likeness (QED) is 0.310. The van der Waals surface area contributed by atoms with Crippen molar-refractivity contribution in [3.8, 4) is 0 Å². The number of nitrogens with one attached hydrogen (secondary N) is 2. The van der Waals surface area contributed by atoms with Crippen molar-refractivity contribution < 1.29 is 5.11 Å². The lowest BCUT2D eigenvalue weighted by atomic mass is 10.00. The Balaban J connectivity index is 0.00000312. The molecule has 0 aliphatic heterocycles. The Bertz CT molecular complexity index is 645. The van der Waals surface area contributed by atoms with Crippen LogP contribution in [0.25, 0.3) is 0 Å². The maximum Gasteiger partial charge on any atom is 0.191 e. The third-order valence-corrected chi connectivity index (χ3v) is 4.59. The van der Waals surface area contributed by atoms with E-state index in [9.17, 15) is 5.11 Å². The van der Waals surface area contributed by atoms with Gasteiger partial charge in [-0.3, -0.25) is 0 Å². The fourth-order valence-corrected chi connectivity index (χ4v) is 3.12. The average Bonchev–Trinajstić information content (AvgIpc) is 3.10. The Kier molecular flexibility index (Phi) is 9.78. The number of hydrogen-bond donors (Lipinski definition) is 3. The first kappa shape index (κ1) is 22.2. The van der Waals surface area contributed by atoms with Gasteiger partial charge in [-0.25, -0.2) is 4.99 Å². The van der Waals surface area contributed by atoms with Gasteiger partial charge in [-0.1, -0.05) is 23.7 Å². The van der Waals surface area contributed by atoms with Gasteiger partial charge in [-0.2, -0.15) is 11.3 Å². The summed E-state index contributed by atoms with van der Waals surface area (Å²) < 4.78 is 0. The highest BCUT2D eigenvalue weighted by atomic mass is 127. The van der Waals surface area contributed by atoms with Crippen LogP contribution >= 0.6 is 46.9 Å². The molecule has 0 amide bonds. The lowest BCUT2D eigenvalue weighted by molar-refractivity contribution is 0.0677. The van der Waals surface area contributed by atoms with Gasteiger partial charge in [0.1, 0.15) is 5.60 Å². The van der Waals surface area contributed by atoms with Gasteiger partial charge in [-0.05, 0) is 60.4 Å². The Morgan fingerprint density at radius 3 is 2.56 bits per heavy atom. The molecule has 25 heavy (non-hydrogen) atoms. The monoisotopic (exact) mass is 493 g/mol. The van der Waals surface area contributed by atoms with E-state index < -0.39 is 5.60 Å². The molecular weight excluding hydrogens is 469 g/mol. The summed E-state index contributed by atoms with van der Waals surface area (Å²) in [5.74, 6) is 0.710. The van der Waals surface area contributed by atoms with Crippen molar-refractivity contribution in [2.45, 2.75) is 25.9 Å². The first-order chi connectivity index (χ1) is 11.5. The molecule has 0 bridgehead atoms. The molecule has 2 rings (SSSR count). The van der Waals surface area contributed by atoms with E-state index in [1.807, 2.05) is 48.0 Å². The first-order valence-corrected chi connectivity index (χ1v) is 9.35. The second kappa shape index (κ2) is 11.0. The first-order valence-electron chi connectivity index (χ1n) is 8.03. The van der Waals surface area contributed by atoms with Crippen molar-refractivity contribution in [2.24, 2.45) is 4.99 Å². The number of aliphatic imine (C=N–C) groups is 1. The van der Waals surface area contributed by atoms with Crippen molar-refractivity contribution in [3.05, 3.63) is 57.2 Å². The van der Waals surface area contributed by atoms with E-state index in [-0.39, 0.29) is 24.0 Å². The number of aliphatic hydroxyl groups is 1. The topological polar surface area (TPSA) is 56.7 Å². The second-order valence-corrected chi connectivity index (χ2v) is 7.00. The van der Waals surface area contributed by atoms with Crippen LogP contribution < -0.4 is 10.6 Å². The van der Waals surface area contributed by atoms with Crippen molar-refractivity contribution in [1.82, 2.24) is 10.6 Å². The number of halogens is 2. The number of rotatable bonds is 7. The van der Waals surface area contributed by atoms with Gasteiger partial charge in [0.25, 0.3) is 0 Å². The van der Waals surface area contributed by atoms with Crippen LogP contribution in [0.15, 0.2) is 46.1 Å². The van der Waals surface area contributed by atoms with E-state index in [2.05, 4.69) is 15.6 Å². The molecule has 0 saturated carbocycles. The molecule has 0 spiro atoms. The van der Waals surface area contributed by atoms with Crippen LogP contribution in [0.5, 0.6) is 0 Å². The summed E-state index contributed by atoms with van der Waals surface area (Å²) in [6.07, 6.45) is 0.877. The number of hydrogen-bond acceptors (Lipinski definition) is 3. The Hall–Kier alpha value is -0.830. The largest absolute Gasteiger partial charge is 0.383 e. The fraction of sp³-hybridized carbons (Fsp3) is 0.389. The van der Waals surface area contributed by atoms with Crippen LogP contribution in [0.2, 0.25) is 5.02 Å². The van der Waals surface area contributed by atoms with Gasteiger partial charge >= 0.3 is 0 Å². The highest BCUT2D eigenvalue weighted by molar-refractivity contribution is 14.0. The third kappa shape index (κ3) is 7.52. The Labute approximate surface area is 175 Å². The molecular formula is C18H25ClIN3OS. The summed E-state index contributed by atoms with van der Waals surface area (Å²) >= 11 is 7.47. The van der Waals surface area contributed by atoms with Gasteiger partial charge in [0.05, 0.1) is 6.54 Å². The van der Waals surface area contributed by atoms with E-state index in [1.54, 1.807) is 18.3 Å². The van der Waals surface area contributed by atoms with Crippen molar-refractivity contribution in [1.29, 1.82) is 0 Å². The molecule has 0 aliphatic rings. The van der Waals surface area contributed by atoms with Crippen LogP contribution in [-0.2, 0) is 12.0 Å². The van der Waals surface area contributed by atoms with Crippen LogP contribution in [0.4, 0.5) is 0 Å². The number of nitrogens with zero attached hydrogens (tertiary/aromatic N) is 1. The molecule has 0 aliphatic carbocycles. The third-order valence-electron chi connectivity index (χ3n) is 3.65. The molecule has 0 fully saturated rings. The normalized spacial score (nSPS) is 13.7. The zero-order valence-corrected chi connectivity index (χ0v) is 18.4. The van der Waals surface area contributed by atoms with Crippen LogP contribution in [-0.4, -0.2) is 30.7 Å². The maximum atomic E-state index is 10.6. The number of guanidine groups is 1.